The van der Waals surface area contributed by atoms with Crippen LogP contribution in [-0.4, -0.2) is 58.0 Å². The number of likely N-dealkylation sites (N-methyl/N-ethyl adjacent to an activating group) is 1. The van der Waals surface area contributed by atoms with Crippen molar-refractivity contribution in [3.05, 3.63) is 72.3 Å². The monoisotopic (exact) mass is 515 g/mol. The molecule has 10 heteroatoms. The van der Waals surface area contributed by atoms with E-state index in [9.17, 15) is 21.6 Å². The number of amides is 1. The first kappa shape index (κ1) is 25.3. The van der Waals surface area contributed by atoms with Gasteiger partial charge in [-0.05, 0) is 53.4 Å². The third kappa shape index (κ3) is 5.72. The second-order valence-corrected chi connectivity index (χ2v) is 12.6. The molecule has 0 radical (unpaired) electrons. The Labute approximate surface area is 206 Å². The first-order valence-corrected chi connectivity index (χ1v) is 14.4. The predicted molar refractivity (Wildman–Crippen MR) is 135 cm³/mol. The van der Waals surface area contributed by atoms with Gasteiger partial charge in [0.1, 0.15) is 0 Å². The minimum Gasteiger partial charge on any atom is -0.351 e. The molecule has 1 N–H and O–H groups in total. The minimum atomic E-state index is -3.84. The fourth-order valence-corrected chi connectivity index (χ4v) is 6.77. The highest BCUT2D eigenvalue weighted by atomic mass is 32.2. The maximum absolute atomic E-state index is 12.9. The lowest BCUT2D eigenvalue weighted by atomic mass is 10.1. The molecular weight excluding hydrogens is 486 g/mol. The van der Waals surface area contributed by atoms with Gasteiger partial charge in [-0.3, -0.25) is 4.79 Å². The highest BCUT2D eigenvalue weighted by Crippen LogP contribution is 2.22. The van der Waals surface area contributed by atoms with Crippen LogP contribution in [0.3, 0.4) is 0 Å². The predicted octanol–water partition coefficient (Wildman–Crippen LogP) is 2.95. The summed E-state index contributed by atoms with van der Waals surface area (Å²) in [6, 6.07) is 18.7. The first-order chi connectivity index (χ1) is 16.7. The molecule has 3 aromatic carbocycles. The third-order valence-electron chi connectivity index (χ3n) is 6.16. The van der Waals surface area contributed by atoms with Crippen molar-refractivity contribution in [2.45, 2.75) is 35.6 Å². The highest BCUT2D eigenvalue weighted by Gasteiger charge is 2.26. The number of piperidine rings is 1. The van der Waals surface area contributed by atoms with Crippen molar-refractivity contribution in [3.8, 4) is 0 Å². The normalized spacial score (nSPS) is 15.4. The number of sulfonamides is 2. The molecule has 186 valence electrons. The van der Waals surface area contributed by atoms with Gasteiger partial charge in [-0.15, -0.1) is 0 Å². The maximum Gasteiger partial charge on any atom is 0.243 e. The van der Waals surface area contributed by atoms with Gasteiger partial charge < -0.3 is 5.32 Å². The molecule has 8 nitrogen and oxygen atoms in total. The lowest BCUT2D eigenvalue weighted by molar-refractivity contribution is -0.121. The molecule has 1 aliphatic rings. The van der Waals surface area contributed by atoms with Crippen LogP contribution in [-0.2, 0) is 31.4 Å². The van der Waals surface area contributed by atoms with Crippen LogP contribution in [0.2, 0.25) is 0 Å². The molecule has 4 rings (SSSR count). The van der Waals surface area contributed by atoms with Crippen LogP contribution in [0.5, 0.6) is 0 Å². The number of nitrogens with one attached hydrogen (secondary N) is 1. The number of carbonyl (C=O) groups excluding carboxylic acids is 1. The molecule has 0 unspecified atom stereocenters. The van der Waals surface area contributed by atoms with Crippen molar-refractivity contribution in [2.75, 3.05) is 26.7 Å². The Morgan fingerprint density at radius 2 is 1.49 bits per heavy atom. The van der Waals surface area contributed by atoms with Gasteiger partial charge in [0, 0.05) is 26.7 Å². The summed E-state index contributed by atoms with van der Waals surface area (Å²) in [4.78, 5) is 12.8. The summed E-state index contributed by atoms with van der Waals surface area (Å²) in [7, 11) is -5.98. The lowest BCUT2D eigenvalue weighted by Crippen LogP contribution is -2.38. The number of benzene rings is 3. The zero-order valence-electron chi connectivity index (χ0n) is 19.6. The Bertz CT molecular complexity index is 1410. The highest BCUT2D eigenvalue weighted by molar-refractivity contribution is 7.89. The van der Waals surface area contributed by atoms with Gasteiger partial charge in [0.2, 0.25) is 26.0 Å². The molecule has 0 bridgehead atoms. The quantitative estimate of drug-likeness (QED) is 0.497. The molecule has 0 aromatic heterocycles. The van der Waals surface area contributed by atoms with E-state index in [0.29, 0.717) is 13.1 Å². The molecule has 0 atom stereocenters. The fraction of sp³-hybridized carbons (Fsp3) is 0.320. The second-order valence-electron chi connectivity index (χ2n) is 8.66. The van der Waals surface area contributed by atoms with E-state index in [4.69, 9.17) is 0 Å². The van der Waals surface area contributed by atoms with Crippen LogP contribution in [0.1, 0.15) is 24.8 Å². The molecule has 1 saturated heterocycles. The van der Waals surface area contributed by atoms with Gasteiger partial charge in [-0.2, -0.15) is 8.61 Å². The van der Waals surface area contributed by atoms with E-state index < -0.39 is 26.0 Å². The zero-order chi connectivity index (χ0) is 25.1. The first-order valence-electron chi connectivity index (χ1n) is 11.5. The molecule has 1 heterocycles. The molecule has 1 fully saturated rings. The number of hydrogen-bond donors (Lipinski definition) is 1. The maximum atomic E-state index is 12.9. The molecule has 35 heavy (non-hydrogen) atoms. The smallest absolute Gasteiger partial charge is 0.243 e. The lowest BCUT2D eigenvalue weighted by Gasteiger charge is -2.25. The Hall–Kier alpha value is -2.79. The van der Waals surface area contributed by atoms with Crippen molar-refractivity contribution in [1.29, 1.82) is 0 Å². The van der Waals surface area contributed by atoms with E-state index in [2.05, 4.69) is 5.32 Å². The molecule has 1 aliphatic heterocycles. The van der Waals surface area contributed by atoms with Crippen molar-refractivity contribution in [3.63, 3.8) is 0 Å². The molecular formula is C25H29N3O5S2. The average molecular weight is 516 g/mol. The SMILES string of the molecule is CN(CC(=O)NCc1ccc(S(=O)(=O)N2CCCCC2)cc1)S(=O)(=O)c1ccc2ccccc2c1. The van der Waals surface area contributed by atoms with Crippen LogP contribution >= 0.6 is 0 Å². The minimum absolute atomic E-state index is 0.122. The zero-order valence-corrected chi connectivity index (χ0v) is 21.2. The summed E-state index contributed by atoms with van der Waals surface area (Å²) < 4.78 is 53.9. The van der Waals surface area contributed by atoms with Gasteiger partial charge in [-0.1, -0.05) is 48.9 Å². The molecule has 0 aliphatic carbocycles. The Kier molecular flexibility index (Phi) is 7.56. The van der Waals surface area contributed by atoms with E-state index in [-0.39, 0.29) is 22.9 Å². The van der Waals surface area contributed by atoms with Crippen molar-refractivity contribution >= 4 is 36.7 Å². The Balaban J connectivity index is 1.35. The number of hydrogen-bond acceptors (Lipinski definition) is 5. The summed E-state index contributed by atoms with van der Waals surface area (Å²) in [6.07, 6.45) is 2.78. The summed E-state index contributed by atoms with van der Waals surface area (Å²) >= 11 is 0. The second kappa shape index (κ2) is 10.4. The van der Waals surface area contributed by atoms with Crippen molar-refractivity contribution in [1.82, 2.24) is 13.9 Å². The van der Waals surface area contributed by atoms with Crippen LogP contribution < -0.4 is 5.32 Å². The largest absolute Gasteiger partial charge is 0.351 e. The van der Waals surface area contributed by atoms with E-state index >= 15 is 0 Å². The van der Waals surface area contributed by atoms with Gasteiger partial charge in [0.25, 0.3) is 0 Å². The number of rotatable bonds is 8. The van der Waals surface area contributed by atoms with Crippen LogP contribution in [0.25, 0.3) is 10.8 Å². The third-order valence-corrected chi connectivity index (χ3v) is 9.87. The van der Waals surface area contributed by atoms with Gasteiger partial charge >= 0.3 is 0 Å². The van der Waals surface area contributed by atoms with Gasteiger partial charge in [0.15, 0.2) is 0 Å². The molecule has 3 aromatic rings. The van der Waals surface area contributed by atoms with Crippen LogP contribution in [0.4, 0.5) is 0 Å². The van der Waals surface area contributed by atoms with Crippen molar-refractivity contribution < 1.29 is 21.6 Å². The average Bonchev–Trinajstić information content (AvgIpc) is 2.88. The number of nitrogens with zero attached hydrogens (tertiary/aromatic N) is 2. The number of carbonyl (C=O) groups is 1. The van der Waals surface area contributed by atoms with Crippen molar-refractivity contribution in [2.24, 2.45) is 0 Å². The summed E-state index contributed by atoms with van der Waals surface area (Å²) in [5.41, 5.74) is 0.719. The van der Waals surface area contributed by atoms with Gasteiger partial charge in [0.05, 0.1) is 16.3 Å². The summed E-state index contributed by atoms with van der Waals surface area (Å²) in [5, 5.41) is 4.43. The van der Waals surface area contributed by atoms with Crippen LogP contribution in [0, 0.1) is 0 Å². The van der Waals surface area contributed by atoms with Crippen LogP contribution in [0.15, 0.2) is 76.5 Å². The molecule has 1 amide bonds. The Morgan fingerprint density at radius 1 is 0.857 bits per heavy atom. The summed E-state index contributed by atoms with van der Waals surface area (Å²) in [6.45, 7) is 0.898. The standard InChI is InChI=1S/C25H29N3O5S2/c1-27(34(30,31)24-14-11-21-7-3-4-8-22(21)17-24)19-25(29)26-18-20-9-12-23(13-10-20)35(32,33)28-15-5-2-6-16-28/h3-4,7-14,17H,2,5-6,15-16,18-19H2,1H3,(H,26,29). The molecule has 0 spiro atoms. The Morgan fingerprint density at radius 3 is 2.17 bits per heavy atom. The summed E-state index contributed by atoms with van der Waals surface area (Å²) in [5.74, 6) is -0.457. The van der Waals surface area contributed by atoms with E-state index in [1.165, 1.54) is 17.4 Å². The molecule has 0 saturated carbocycles. The fourth-order valence-electron chi connectivity index (χ4n) is 4.09. The van der Waals surface area contributed by atoms with Gasteiger partial charge in [-0.25, -0.2) is 16.8 Å². The van der Waals surface area contributed by atoms with E-state index in [1.807, 2.05) is 24.3 Å². The number of fused-ring (bicyclic) bond motifs is 1. The van der Waals surface area contributed by atoms with E-state index in [0.717, 1.165) is 39.9 Å². The van der Waals surface area contributed by atoms with E-state index in [1.54, 1.807) is 36.4 Å². The topological polar surface area (TPSA) is 104 Å².